The van der Waals surface area contributed by atoms with Crippen molar-refractivity contribution in [3.8, 4) is 0 Å². The van der Waals surface area contributed by atoms with Gasteiger partial charge in [-0.05, 0) is 59.8 Å². The zero-order valence-corrected chi connectivity index (χ0v) is 13.2. The van der Waals surface area contributed by atoms with Crippen LogP contribution in [-0.4, -0.2) is 18.8 Å². The third-order valence-corrected chi connectivity index (χ3v) is 3.62. The second kappa shape index (κ2) is 7.19. The first-order valence-electron chi connectivity index (χ1n) is 6.26. The summed E-state index contributed by atoms with van der Waals surface area (Å²) >= 11 is 2.27. The van der Waals surface area contributed by atoms with Gasteiger partial charge in [0.05, 0.1) is 17.9 Å². The van der Waals surface area contributed by atoms with E-state index >= 15 is 0 Å². The minimum Gasteiger partial charge on any atom is -0.462 e. The van der Waals surface area contributed by atoms with Gasteiger partial charge in [0.1, 0.15) is 0 Å². The molecule has 20 heavy (non-hydrogen) atoms. The fourth-order valence-electron chi connectivity index (χ4n) is 1.62. The molecule has 2 aromatic rings. The van der Waals surface area contributed by atoms with Crippen LogP contribution in [0.25, 0.3) is 0 Å². The normalized spacial score (nSPS) is 10.7. The molecule has 0 unspecified atom stereocenters. The van der Waals surface area contributed by atoms with E-state index in [2.05, 4.69) is 27.6 Å². The van der Waals surface area contributed by atoms with Crippen LogP contribution < -0.4 is 0 Å². The lowest BCUT2D eigenvalue weighted by Crippen LogP contribution is -2.03. The molecule has 0 aliphatic carbocycles. The topological polar surface area (TPSA) is 38.7 Å². The summed E-state index contributed by atoms with van der Waals surface area (Å²) in [5.74, 6) is -0.305. The Morgan fingerprint density at radius 2 is 1.90 bits per heavy atom. The predicted molar refractivity (Wildman–Crippen MR) is 88.8 cm³/mol. The first-order valence-corrected chi connectivity index (χ1v) is 7.34. The molecule has 0 saturated heterocycles. The summed E-state index contributed by atoms with van der Waals surface area (Å²) < 4.78 is 6.08. The van der Waals surface area contributed by atoms with Crippen LogP contribution in [0.1, 0.15) is 22.8 Å². The molecule has 0 bridgehead atoms. The Morgan fingerprint density at radius 3 is 2.55 bits per heavy atom. The van der Waals surface area contributed by atoms with E-state index in [9.17, 15) is 4.79 Å². The van der Waals surface area contributed by atoms with E-state index < -0.39 is 0 Å². The lowest BCUT2D eigenvalue weighted by molar-refractivity contribution is 0.0526. The van der Waals surface area contributed by atoms with Gasteiger partial charge in [-0.25, -0.2) is 4.79 Å². The monoisotopic (exact) mass is 379 g/mol. The highest BCUT2D eigenvalue weighted by Gasteiger charge is 2.04. The van der Waals surface area contributed by atoms with Crippen molar-refractivity contribution in [2.24, 2.45) is 4.99 Å². The Hall–Kier alpha value is -1.69. The minimum atomic E-state index is -0.305. The summed E-state index contributed by atoms with van der Waals surface area (Å²) in [6.07, 6.45) is 1.82. The Kier molecular flexibility index (Phi) is 5.29. The zero-order chi connectivity index (χ0) is 14.4. The largest absolute Gasteiger partial charge is 0.462 e. The summed E-state index contributed by atoms with van der Waals surface area (Å²) in [6, 6.07) is 15.1. The Bertz CT molecular complexity index is 621. The maximum absolute atomic E-state index is 11.5. The van der Waals surface area contributed by atoms with E-state index in [-0.39, 0.29) is 5.97 Å². The van der Waals surface area contributed by atoms with Gasteiger partial charge in [0.25, 0.3) is 0 Å². The van der Waals surface area contributed by atoms with E-state index in [4.69, 9.17) is 4.74 Å². The highest BCUT2D eigenvalue weighted by atomic mass is 127. The Balaban J connectivity index is 2.11. The molecule has 2 rings (SSSR count). The van der Waals surface area contributed by atoms with Crippen LogP contribution in [-0.2, 0) is 4.74 Å². The van der Waals surface area contributed by atoms with E-state index in [1.165, 1.54) is 0 Å². The smallest absolute Gasteiger partial charge is 0.338 e. The second-order valence-electron chi connectivity index (χ2n) is 4.05. The van der Waals surface area contributed by atoms with Crippen LogP contribution in [0.4, 0.5) is 5.69 Å². The highest BCUT2D eigenvalue weighted by Crippen LogP contribution is 2.15. The molecule has 0 atom stereocenters. The third kappa shape index (κ3) is 3.90. The number of benzene rings is 2. The minimum absolute atomic E-state index is 0.305. The average Bonchev–Trinajstić information content (AvgIpc) is 2.47. The van der Waals surface area contributed by atoms with Crippen molar-refractivity contribution in [3.05, 3.63) is 63.2 Å². The van der Waals surface area contributed by atoms with Gasteiger partial charge >= 0.3 is 5.97 Å². The number of hydrogen-bond donors (Lipinski definition) is 0. The summed E-state index contributed by atoms with van der Waals surface area (Å²) in [5, 5.41) is 0. The number of hydrogen-bond acceptors (Lipinski definition) is 3. The number of aliphatic imine (C=N–C) groups is 1. The standard InChI is InChI=1S/C16H14INO2/c1-2-20-16(19)12-7-9-14(10-8-12)18-11-13-5-3-4-6-15(13)17/h3-11H,2H2,1H3. The number of halogens is 1. The van der Waals surface area contributed by atoms with Gasteiger partial charge in [-0.2, -0.15) is 0 Å². The molecule has 0 amide bonds. The van der Waals surface area contributed by atoms with Gasteiger partial charge in [-0.1, -0.05) is 18.2 Å². The van der Waals surface area contributed by atoms with Crippen molar-refractivity contribution in [2.45, 2.75) is 6.92 Å². The van der Waals surface area contributed by atoms with Crippen LogP contribution in [0.5, 0.6) is 0 Å². The first kappa shape index (κ1) is 14.7. The maximum atomic E-state index is 11.5. The molecule has 2 aromatic carbocycles. The number of rotatable bonds is 4. The van der Waals surface area contributed by atoms with Crippen LogP contribution in [0, 0.1) is 3.57 Å². The molecule has 102 valence electrons. The van der Waals surface area contributed by atoms with Crippen molar-refractivity contribution in [1.29, 1.82) is 0 Å². The summed E-state index contributed by atoms with van der Waals surface area (Å²) in [5.41, 5.74) is 2.42. The molecule has 0 aliphatic rings. The van der Waals surface area contributed by atoms with Crippen molar-refractivity contribution in [1.82, 2.24) is 0 Å². The van der Waals surface area contributed by atoms with Crippen molar-refractivity contribution < 1.29 is 9.53 Å². The summed E-state index contributed by atoms with van der Waals surface area (Å²) in [6.45, 7) is 2.17. The van der Waals surface area contributed by atoms with Gasteiger partial charge in [0, 0.05) is 15.3 Å². The molecule has 0 fully saturated rings. The number of carbonyl (C=O) groups is 1. The molecule has 0 heterocycles. The van der Waals surface area contributed by atoms with Gasteiger partial charge in [0.15, 0.2) is 0 Å². The van der Waals surface area contributed by atoms with Gasteiger partial charge in [-0.15, -0.1) is 0 Å². The lowest BCUT2D eigenvalue weighted by Gasteiger charge is -2.01. The molecule has 0 aliphatic heterocycles. The predicted octanol–water partition coefficient (Wildman–Crippen LogP) is 4.22. The second-order valence-corrected chi connectivity index (χ2v) is 5.21. The fourth-order valence-corrected chi connectivity index (χ4v) is 2.15. The molecule has 0 N–H and O–H groups in total. The van der Waals surface area contributed by atoms with Gasteiger partial charge in [0.2, 0.25) is 0 Å². The van der Waals surface area contributed by atoms with E-state index in [0.717, 1.165) is 14.8 Å². The number of ether oxygens (including phenoxy) is 1. The van der Waals surface area contributed by atoms with Crippen LogP contribution in [0.2, 0.25) is 0 Å². The van der Waals surface area contributed by atoms with E-state index in [0.29, 0.717) is 12.2 Å². The quantitative estimate of drug-likeness (QED) is 0.453. The van der Waals surface area contributed by atoms with E-state index in [1.807, 2.05) is 30.5 Å². The van der Waals surface area contributed by atoms with Gasteiger partial charge in [-0.3, -0.25) is 4.99 Å². The van der Waals surface area contributed by atoms with Crippen LogP contribution >= 0.6 is 22.6 Å². The third-order valence-electron chi connectivity index (χ3n) is 2.64. The van der Waals surface area contributed by atoms with Crippen molar-refractivity contribution in [3.63, 3.8) is 0 Å². The number of nitrogens with zero attached hydrogens (tertiary/aromatic N) is 1. The summed E-state index contributed by atoms with van der Waals surface area (Å²) in [4.78, 5) is 15.9. The molecule has 0 spiro atoms. The summed E-state index contributed by atoms with van der Waals surface area (Å²) in [7, 11) is 0. The molecule has 0 aromatic heterocycles. The number of carbonyl (C=O) groups excluding carboxylic acids is 1. The number of esters is 1. The Morgan fingerprint density at radius 1 is 1.20 bits per heavy atom. The lowest BCUT2D eigenvalue weighted by atomic mass is 10.2. The van der Waals surface area contributed by atoms with E-state index in [1.54, 1.807) is 31.2 Å². The van der Waals surface area contributed by atoms with Crippen molar-refractivity contribution >= 4 is 40.5 Å². The van der Waals surface area contributed by atoms with Gasteiger partial charge < -0.3 is 4.74 Å². The molecular formula is C16H14INO2. The highest BCUT2D eigenvalue weighted by molar-refractivity contribution is 14.1. The van der Waals surface area contributed by atoms with Crippen molar-refractivity contribution in [2.75, 3.05) is 6.61 Å². The van der Waals surface area contributed by atoms with Crippen LogP contribution in [0.3, 0.4) is 0 Å². The van der Waals surface area contributed by atoms with Crippen LogP contribution in [0.15, 0.2) is 53.5 Å². The Labute approximate surface area is 131 Å². The first-order chi connectivity index (χ1) is 9.70. The SMILES string of the molecule is CCOC(=O)c1ccc(N=Cc2ccccc2I)cc1. The fraction of sp³-hybridized carbons (Fsp3) is 0.125. The molecular weight excluding hydrogens is 365 g/mol. The zero-order valence-electron chi connectivity index (χ0n) is 11.0. The maximum Gasteiger partial charge on any atom is 0.338 e. The molecule has 0 saturated carbocycles. The molecule has 4 heteroatoms. The molecule has 0 radical (unpaired) electrons. The molecule has 3 nitrogen and oxygen atoms in total. The average molecular weight is 379 g/mol.